The molecule has 0 spiro atoms. The van der Waals surface area contributed by atoms with Gasteiger partial charge < -0.3 is 19.9 Å². The van der Waals surface area contributed by atoms with Crippen LogP contribution in [0.3, 0.4) is 0 Å². The first kappa shape index (κ1) is 23.5. The minimum atomic E-state index is 0. The lowest BCUT2D eigenvalue weighted by molar-refractivity contribution is -0.00262. The SMILES string of the molecule is CCNC(=NCC1(N(C)C)CCOCC1)N(C)Cc1ccc(Cl)cc1.I. The number of hydrogen-bond acceptors (Lipinski definition) is 3. The molecule has 26 heavy (non-hydrogen) atoms. The maximum atomic E-state index is 5.98. The van der Waals surface area contributed by atoms with Crippen LogP contribution in [0.4, 0.5) is 0 Å². The predicted molar refractivity (Wildman–Crippen MR) is 121 cm³/mol. The lowest BCUT2D eigenvalue weighted by Gasteiger charge is -2.42. The van der Waals surface area contributed by atoms with E-state index in [4.69, 9.17) is 21.3 Å². The molecule has 1 aromatic rings. The van der Waals surface area contributed by atoms with E-state index >= 15 is 0 Å². The van der Waals surface area contributed by atoms with Crippen molar-refractivity contribution < 1.29 is 4.74 Å². The van der Waals surface area contributed by atoms with Gasteiger partial charge in [0, 0.05) is 43.9 Å². The monoisotopic (exact) mass is 494 g/mol. The Hall–Kier alpha value is -0.570. The first-order chi connectivity index (χ1) is 12.0. The van der Waals surface area contributed by atoms with E-state index in [0.29, 0.717) is 0 Å². The molecule has 1 saturated heterocycles. The average Bonchev–Trinajstić information content (AvgIpc) is 2.61. The predicted octanol–water partition coefficient (Wildman–Crippen LogP) is 3.47. The molecule has 0 saturated carbocycles. The van der Waals surface area contributed by atoms with Gasteiger partial charge in [0.25, 0.3) is 0 Å². The number of nitrogens with zero attached hydrogens (tertiary/aromatic N) is 3. The summed E-state index contributed by atoms with van der Waals surface area (Å²) in [7, 11) is 6.36. The normalized spacial score (nSPS) is 16.9. The van der Waals surface area contributed by atoms with E-state index in [9.17, 15) is 0 Å². The molecule has 0 bridgehead atoms. The van der Waals surface area contributed by atoms with Crippen LogP contribution < -0.4 is 5.32 Å². The van der Waals surface area contributed by atoms with Crippen molar-refractivity contribution in [2.75, 3.05) is 47.4 Å². The molecule has 1 aromatic carbocycles. The van der Waals surface area contributed by atoms with Crippen LogP contribution in [0, 0.1) is 0 Å². The molecule has 0 unspecified atom stereocenters. The van der Waals surface area contributed by atoms with Gasteiger partial charge in [-0.25, -0.2) is 0 Å². The van der Waals surface area contributed by atoms with E-state index in [1.165, 1.54) is 5.56 Å². The number of halogens is 2. The Kier molecular flexibility index (Phi) is 10.2. The summed E-state index contributed by atoms with van der Waals surface area (Å²) in [5.74, 6) is 0.935. The first-order valence-electron chi connectivity index (χ1n) is 8.96. The van der Waals surface area contributed by atoms with Gasteiger partial charge in [-0.3, -0.25) is 4.99 Å². The van der Waals surface area contributed by atoms with Gasteiger partial charge in [0.1, 0.15) is 0 Å². The molecule has 1 N–H and O–H groups in total. The third kappa shape index (κ3) is 6.55. The largest absolute Gasteiger partial charge is 0.381 e. The molecule has 1 aliphatic rings. The van der Waals surface area contributed by atoms with Crippen LogP contribution in [0.2, 0.25) is 5.02 Å². The third-order valence-electron chi connectivity index (χ3n) is 4.92. The Morgan fingerprint density at radius 1 is 1.19 bits per heavy atom. The van der Waals surface area contributed by atoms with Crippen LogP contribution in [0.15, 0.2) is 29.3 Å². The topological polar surface area (TPSA) is 40.1 Å². The molecule has 0 aromatic heterocycles. The molecular formula is C19H32ClIN4O. The molecular weight excluding hydrogens is 463 g/mol. The smallest absolute Gasteiger partial charge is 0.194 e. The van der Waals surface area contributed by atoms with Crippen molar-refractivity contribution in [3.05, 3.63) is 34.9 Å². The molecule has 1 heterocycles. The van der Waals surface area contributed by atoms with Gasteiger partial charge in [-0.15, -0.1) is 24.0 Å². The summed E-state index contributed by atoms with van der Waals surface area (Å²) >= 11 is 5.98. The molecule has 0 aliphatic carbocycles. The standard InChI is InChI=1S/C19H31ClN4O.HI/c1-5-21-18(24(4)14-16-6-8-17(20)9-7-16)22-15-19(23(2)3)10-12-25-13-11-19;/h6-9H,5,10-15H2,1-4H3,(H,21,22);1H. The summed E-state index contributed by atoms with van der Waals surface area (Å²) in [6, 6.07) is 7.97. The molecule has 2 rings (SSSR count). The van der Waals surface area contributed by atoms with Gasteiger partial charge in [-0.1, -0.05) is 23.7 Å². The van der Waals surface area contributed by atoms with Gasteiger partial charge in [-0.2, -0.15) is 0 Å². The van der Waals surface area contributed by atoms with Gasteiger partial charge in [0.2, 0.25) is 0 Å². The number of aliphatic imine (C=N–C) groups is 1. The van der Waals surface area contributed by atoms with Gasteiger partial charge in [0.15, 0.2) is 5.96 Å². The summed E-state index contributed by atoms with van der Waals surface area (Å²) < 4.78 is 5.55. The maximum Gasteiger partial charge on any atom is 0.194 e. The Bertz CT molecular complexity index is 559. The van der Waals surface area contributed by atoms with Crippen molar-refractivity contribution in [1.82, 2.24) is 15.1 Å². The Morgan fingerprint density at radius 2 is 1.81 bits per heavy atom. The van der Waals surface area contributed by atoms with E-state index in [2.05, 4.69) is 55.3 Å². The lowest BCUT2D eigenvalue weighted by Crippen LogP contribution is -2.51. The fourth-order valence-electron chi connectivity index (χ4n) is 3.13. The van der Waals surface area contributed by atoms with Crippen LogP contribution >= 0.6 is 35.6 Å². The fraction of sp³-hybridized carbons (Fsp3) is 0.632. The molecule has 0 amide bonds. The first-order valence-corrected chi connectivity index (χ1v) is 9.34. The van der Waals surface area contributed by atoms with Crippen LogP contribution in [-0.2, 0) is 11.3 Å². The number of hydrogen-bond donors (Lipinski definition) is 1. The molecule has 0 radical (unpaired) electrons. The zero-order valence-corrected chi connectivity index (χ0v) is 19.4. The summed E-state index contributed by atoms with van der Waals surface area (Å²) in [4.78, 5) is 9.42. The van der Waals surface area contributed by atoms with Crippen LogP contribution in [0.25, 0.3) is 0 Å². The van der Waals surface area contributed by atoms with Crippen molar-refractivity contribution in [3.8, 4) is 0 Å². The molecule has 0 atom stereocenters. The Balaban J connectivity index is 0.00000338. The highest BCUT2D eigenvalue weighted by molar-refractivity contribution is 14.0. The second-order valence-corrected chi connectivity index (χ2v) is 7.32. The van der Waals surface area contributed by atoms with Crippen LogP contribution in [-0.4, -0.2) is 68.7 Å². The van der Waals surface area contributed by atoms with E-state index in [-0.39, 0.29) is 29.5 Å². The average molecular weight is 495 g/mol. The van der Waals surface area contributed by atoms with Crippen molar-refractivity contribution >= 4 is 41.5 Å². The third-order valence-corrected chi connectivity index (χ3v) is 5.18. The number of ether oxygens (including phenoxy) is 1. The number of benzene rings is 1. The molecule has 1 aliphatic heterocycles. The minimum Gasteiger partial charge on any atom is -0.381 e. The molecule has 5 nitrogen and oxygen atoms in total. The zero-order valence-electron chi connectivity index (χ0n) is 16.3. The lowest BCUT2D eigenvalue weighted by atomic mass is 9.89. The Labute approximate surface area is 180 Å². The van der Waals surface area contributed by atoms with Gasteiger partial charge >= 0.3 is 0 Å². The van der Waals surface area contributed by atoms with Crippen molar-refractivity contribution in [3.63, 3.8) is 0 Å². The van der Waals surface area contributed by atoms with E-state index < -0.39 is 0 Å². The summed E-state index contributed by atoms with van der Waals surface area (Å²) in [5.41, 5.74) is 1.30. The van der Waals surface area contributed by atoms with Gasteiger partial charge in [-0.05, 0) is 51.6 Å². The van der Waals surface area contributed by atoms with Crippen molar-refractivity contribution in [2.45, 2.75) is 31.8 Å². The second kappa shape index (κ2) is 11.3. The van der Waals surface area contributed by atoms with E-state index in [0.717, 1.165) is 56.7 Å². The number of nitrogens with one attached hydrogen (secondary N) is 1. The van der Waals surface area contributed by atoms with Crippen molar-refractivity contribution in [1.29, 1.82) is 0 Å². The summed E-state index contributed by atoms with van der Waals surface area (Å²) in [5, 5.41) is 4.17. The molecule has 148 valence electrons. The van der Waals surface area contributed by atoms with E-state index in [1.54, 1.807) is 0 Å². The quantitative estimate of drug-likeness (QED) is 0.373. The summed E-state index contributed by atoms with van der Waals surface area (Å²) in [6.07, 6.45) is 2.04. The highest BCUT2D eigenvalue weighted by atomic mass is 127. The Morgan fingerprint density at radius 3 is 2.35 bits per heavy atom. The zero-order chi connectivity index (χ0) is 18.3. The second-order valence-electron chi connectivity index (χ2n) is 6.88. The fourth-order valence-corrected chi connectivity index (χ4v) is 3.25. The molecule has 7 heteroatoms. The number of rotatable bonds is 6. The van der Waals surface area contributed by atoms with Crippen LogP contribution in [0.1, 0.15) is 25.3 Å². The highest BCUT2D eigenvalue weighted by Crippen LogP contribution is 2.26. The number of likely N-dealkylation sites (N-methyl/N-ethyl adjacent to an activating group) is 1. The van der Waals surface area contributed by atoms with Crippen molar-refractivity contribution in [2.24, 2.45) is 4.99 Å². The molecule has 1 fully saturated rings. The maximum absolute atomic E-state index is 5.98. The van der Waals surface area contributed by atoms with Gasteiger partial charge in [0.05, 0.1) is 6.54 Å². The van der Waals surface area contributed by atoms with Crippen LogP contribution in [0.5, 0.6) is 0 Å². The highest BCUT2D eigenvalue weighted by Gasteiger charge is 2.34. The number of guanidine groups is 1. The minimum absolute atomic E-state index is 0. The summed E-state index contributed by atoms with van der Waals surface area (Å²) in [6.45, 7) is 6.14. The van der Waals surface area contributed by atoms with E-state index in [1.807, 2.05) is 12.1 Å².